The largest absolute Gasteiger partial charge is 0.348 e. The van der Waals surface area contributed by atoms with Gasteiger partial charge in [-0.25, -0.2) is 10.8 Å². The van der Waals surface area contributed by atoms with Gasteiger partial charge in [-0.05, 0) is 19.3 Å². The van der Waals surface area contributed by atoms with E-state index in [1.807, 2.05) is 6.92 Å². The zero-order chi connectivity index (χ0) is 14.3. The van der Waals surface area contributed by atoms with Gasteiger partial charge in [0.15, 0.2) is 5.82 Å². The lowest BCUT2D eigenvalue weighted by molar-refractivity contribution is 0.0932. The fourth-order valence-electron chi connectivity index (χ4n) is 1.75. The fourth-order valence-corrected chi connectivity index (χ4v) is 1.75. The average Bonchev–Trinajstić information content (AvgIpc) is 2.38. The van der Waals surface area contributed by atoms with Crippen molar-refractivity contribution in [1.29, 1.82) is 0 Å². The SMILES string of the molecule is CC(C)CCCC(C)NC(=O)c1cncc(NN)n1. The van der Waals surface area contributed by atoms with Gasteiger partial charge < -0.3 is 10.7 Å². The standard InChI is InChI=1S/C13H23N5O/c1-9(2)5-4-6-10(3)16-13(19)11-7-15-8-12(17-11)18-14/h7-10H,4-6,14H2,1-3H3,(H,16,19)(H,17,18). The second kappa shape index (κ2) is 7.68. The number of nitrogens with zero attached hydrogens (tertiary/aromatic N) is 2. The maximum atomic E-state index is 11.9. The highest BCUT2D eigenvalue weighted by atomic mass is 16.1. The van der Waals surface area contributed by atoms with Gasteiger partial charge in [0.25, 0.3) is 5.91 Å². The van der Waals surface area contributed by atoms with Crippen molar-refractivity contribution in [1.82, 2.24) is 15.3 Å². The molecule has 6 nitrogen and oxygen atoms in total. The van der Waals surface area contributed by atoms with Crippen LogP contribution in [0.25, 0.3) is 0 Å². The monoisotopic (exact) mass is 265 g/mol. The van der Waals surface area contributed by atoms with E-state index in [1.54, 1.807) is 0 Å². The molecule has 1 aromatic heterocycles. The molecule has 0 fully saturated rings. The molecular weight excluding hydrogens is 242 g/mol. The number of hydrogen-bond donors (Lipinski definition) is 3. The number of aromatic nitrogens is 2. The Hall–Kier alpha value is -1.69. The van der Waals surface area contributed by atoms with E-state index in [2.05, 4.69) is 34.6 Å². The molecule has 0 bridgehead atoms. The molecule has 0 aromatic carbocycles. The van der Waals surface area contributed by atoms with Crippen molar-refractivity contribution in [2.75, 3.05) is 5.43 Å². The minimum Gasteiger partial charge on any atom is -0.348 e. The van der Waals surface area contributed by atoms with Crippen LogP contribution < -0.4 is 16.6 Å². The highest BCUT2D eigenvalue weighted by Crippen LogP contribution is 2.08. The highest BCUT2D eigenvalue weighted by Gasteiger charge is 2.12. The lowest BCUT2D eigenvalue weighted by Crippen LogP contribution is -2.33. The van der Waals surface area contributed by atoms with E-state index in [4.69, 9.17) is 5.84 Å². The van der Waals surface area contributed by atoms with Crippen LogP contribution in [0.4, 0.5) is 5.82 Å². The van der Waals surface area contributed by atoms with Crippen LogP contribution in [0.5, 0.6) is 0 Å². The first kappa shape index (κ1) is 15.4. The zero-order valence-electron chi connectivity index (χ0n) is 11.8. The summed E-state index contributed by atoms with van der Waals surface area (Å²) in [4.78, 5) is 19.9. The first-order valence-electron chi connectivity index (χ1n) is 6.62. The van der Waals surface area contributed by atoms with Crippen LogP contribution >= 0.6 is 0 Å². The van der Waals surface area contributed by atoms with Crippen molar-refractivity contribution in [3.8, 4) is 0 Å². The van der Waals surface area contributed by atoms with Gasteiger partial charge >= 0.3 is 0 Å². The molecular formula is C13H23N5O. The van der Waals surface area contributed by atoms with Crippen molar-refractivity contribution in [2.45, 2.75) is 46.1 Å². The van der Waals surface area contributed by atoms with Crippen molar-refractivity contribution >= 4 is 11.7 Å². The molecule has 0 radical (unpaired) electrons. The predicted molar refractivity (Wildman–Crippen MR) is 75.5 cm³/mol. The highest BCUT2D eigenvalue weighted by molar-refractivity contribution is 5.92. The van der Waals surface area contributed by atoms with Crippen LogP contribution in [0.1, 0.15) is 50.5 Å². The lowest BCUT2D eigenvalue weighted by atomic mass is 10.0. The van der Waals surface area contributed by atoms with Crippen LogP contribution in [0.3, 0.4) is 0 Å². The van der Waals surface area contributed by atoms with Crippen LogP contribution in [-0.4, -0.2) is 21.9 Å². The Bertz CT molecular complexity index is 408. The van der Waals surface area contributed by atoms with Gasteiger partial charge in [-0.2, -0.15) is 0 Å². The topological polar surface area (TPSA) is 92.9 Å². The van der Waals surface area contributed by atoms with Gasteiger partial charge in [-0.3, -0.25) is 9.78 Å². The first-order valence-corrected chi connectivity index (χ1v) is 6.62. The summed E-state index contributed by atoms with van der Waals surface area (Å²) in [5, 5.41) is 2.91. The number of nitrogens with two attached hydrogens (primary N) is 1. The number of rotatable bonds is 7. The van der Waals surface area contributed by atoms with E-state index < -0.39 is 0 Å². The van der Waals surface area contributed by atoms with Crippen molar-refractivity contribution in [3.05, 3.63) is 18.1 Å². The first-order chi connectivity index (χ1) is 9.02. The Morgan fingerprint density at radius 3 is 2.68 bits per heavy atom. The van der Waals surface area contributed by atoms with E-state index in [9.17, 15) is 4.79 Å². The molecule has 1 unspecified atom stereocenters. The third kappa shape index (κ3) is 5.65. The van der Waals surface area contributed by atoms with E-state index in [-0.39, 0.29) is 17.6 Å². The summed E-state index contributed by atoms with van der Waals surface area (Å²) in [7, 11) is 0. The zero-order valence-corrected chi connectivity index (χ0v) is 11.8. The van der Waals surface area contributed by atoms with E-state index >= 15 is 0 Å². The minimum absolute atomic E-state index is 0.127. The molecule has 1 aromatic rings. The van der Waals surface area contributed by atoms with Gasteiger partial charge in [0.2, 0.25) is 0 Å². The number of amides is 1. The molecule has 4 N–H and O–H groups in total. The summed E-state index contributed by atoms with van der Waals surface area (Å²) in [5.41, 5.74) is 2.64. The molecule has 1 heterocycles. The van der Waals surface area contributed by atoms with Crippen LogP contribution in [0.15, 0.2) is 12.4 Å². The maximum Gasteiger partial charge on any atom is 0.271 e. The predicted octanol–water partition coefficient (Wildman–Crippen LogP) is 1.71. The molecule has 0 aliphatic heterocycles. The van der Waals surface area contributed by atoms with Gasteiger partial charge in [0.05, 0.1) is 12.4 Å². The Morgan fingerprint density at radius 1 is 1.32 bits per heavy atom. The van der Waals surface area contributed by atoms with Crippen LogP contribution in [0.2, 0.25) is 0 Å². The van der Waals surface area contributed by atoms with Crippen molar-refractivity contribution < 1.29 is 4.79 Å². The normalized spacial score (nSPS) is 12.3. The molecule has 0 aliphatic carbocycles. The lowest BCUT2D eigenvalue weighted by Gasteiger charge is -2.14. The summed E-state index contributed by atoms with van der Waals surface area (Å²) in [6, 6.07) is 0.127. The van der Waals surface area contributed by atoms with Gasteiger partial charge in [0.1, 0.15) is 5.69 Å². The van der Waals surface area contributed by atoms with E-state index in [0.717, 1.165) is 12.8 Å². The quantitative estimate of drug-likeness (QED) is 0.515. The number of nitrogens with one attached hydrogen (secondary N) is 2. The Kier molecular flexibility index (Phi) is 6.21. The van der Waals surface area contributed by atoms with Crippen LogP contribution in [-0.2, 0) is 0 Å². The molecule has 0 spiro atoms. The third-order valence-electron chi connectivity index (χ3n) is 2.81. The van der Waals surface area contributed by atoms with Crippen molar-refractivity contribution in [3.63, 3.8) is 0 Å². The minimum atomic E-state index is -0.221. The second-order valence-corrected chi connectivity index (χ2v) is 5.13. The molecule has 1 atom stereocenters. The number of hydrogen-bond acceptors (Lipinski definition) is 5. The summed E-state index contributed by atoms with van der Waals surface area (Å²) in [5.74, 6) is 6.08. The third-order valence-corrected chi connectivity index (χ3v) is 2.81. The molecule has 0 saturated carbocycles. The molecule has 106 valence electrons. The summed E-state index contributed by atoms with van der Waals surface area (Å²) in [6.07, 6.45) is 6.13. The maximum absolute atomic E-state index is 11.9. The fraction of sp³-hybridized carbons (Fsp3) is 0.615. The van der Waals surface area contributed by atoms with Gasteiger partial charge in [-0.1, -0.05) is 26.7 Å². The van der Waals surface area contributed by atoms with E-state index in [1.165, 1.54) is 18.8 Å². The summed E-state index contributed by atoms with van der Waals surface area (Å²) in [6.45, 7) is 6.39. The number of carbonyl (C=O) groups excluding carboxylic acids is 1. The number of anilines is 1. The molecule has 6 heteroatoms. The Labute approximate surface area is 114 Å². The van der Waals surface area contributed by atoms with Gasteiger partial charge in [0, 0.05) is 6.04 Å². The van der Waals surface area contributed by atoms with Crippen LogP contribution in [0, 0.1) is 5.92 Å². The Balaban J connectivity index is 2.45. The van der Waals surface area contributed by atoms with E-state index in [0.29, 0.717) is 11.7 Å². The molecule has 1 amide bonds. The number of hydrazine groups is 1. The molecule has 0 aliphatic rings. The summed E-state index contributed by atoms with van der Waals surface area (Å²) < 4.78 is 0. The molecule has 19 heavy (non-hydrogen) atoms. The Morgan fingerprint density at radius 2 is 2.05 bits per heavy atom. The average molecular weight is 265 g/mol. The molecule has 1 rings (SSSR count). The van der Waals surface area contributed by atoms with Crippen molar-refractivity contribution in [2.24, 2.45) is 11.8 Å². The summed E-state index contributed by atoms with van der Waals surface area (Å²) >= 11 is 0. The number of nitrogen functional groups attached to an aromatic ring is 1. The van der Waals surface area contributed by atoms with Gasteiger partial charge in [-0.15, -0.1) is 0 Å². The molecule has 0 saturated heterocycles. The second-order valence-electron chi connectivity index (χ2n) is 5.13. The smallest absolute Gasteiger partial charge is 0.271 e. The number of carbonyl (C=O) groups is 1.